The second-order valence-corrected chi connectivity index (χ2v) is 6.63. The number of nitrogens with zero attached hydrogens (tertiary/aromatic N) is 4. The summed E-state index contributed by atoms with van der Waals surface area (Å²) in [4.78, 5) is 14.4. The fourth-order valence-electron chi connectivity index (χ4n) is 3.23. The molecule has 1 aliphatic rings. The largest absolute Gasteiger partial charge is 0.469 e. The molecule has 3 heterocycles. The number of amides is 1. The molecule has 2 aromatic heterocycles. The van der Waals surface area contributed by atoms with E-state index in [0.29, 0.717) is 11.3 Å². The number of anilines is 1. The van der Waals surface area contributed by atoms with Gasteiger partial charge in [-0.15, -0.1) is 10.2 Å². The van der Waals surface area contributed by atoms with Crippen LogP contribution in [0.15, 0.2) is 16.7 Å². The van der Waals surface area contributed by atoms with Crippen LogP contribution in [0.1, 0.15) is 47.6 Å². The number of aliphatic hydroxyl groups is 1. The summed E-state index contributed by atoms with van der Waals surface area (Å²) in [7, 11) is 1.92. The predicted molar refractivity (Wildman–Crippen MR) is 92.7 cm³/mol. The molecule has 1 fully saturated rings. The van der Waals surface area contributed by atoms with Crippen LogP contribution in [0.25, 0.3) is 0 Å². The Morgan fingerprint density at radius 2 is 2.16 bits per heavy atom. The molecular formula is C17H25N5O3. The summed E-state index contributed by atoms with van der Waals surface area (Å²) in [6, 6.07) is 1.84. The van der Waals surface area contributed by atoms with Crippen molar-refractivity contribution in [1.29, 1.82) is 0 Å². The summed E-state index contributed by atoms with van der Waals surface area (Å²) in [5, 5.41) is 20.9. The standard InChI is InChI=1S/C17H25N5O3/c1-11(10-23)15-19-20-17(21(15)3)22-7-4-13(5-8-22)18-16(24)14-6-9-25-12(14)2/h6,9,11,13,23H,4-5,7-8,10H2,1-3H3,(H,18,24). The number of carbonyl (C=O) groups excluding carboxylic acids is 1. The van der Waals surface area contributed by atoms with E-state index in [2.05, 4.69) is 20.4 Å². The molecule has 3 rings (SSSR count). The van der Waals surface area contributed by atoms with E-state index in [9.17, 15) is 9.90 Å². The summed E-state index contributed by atoms with van der Waals surface area (Å²) < 4.78 is 7.13. The highest BCUT2D eigenvalue weighted by molar-refractivity contribution is 5.95. The van der Waals surface area contributed by atoms with E-state index >= 15 is 0 Å². The number of aromatic nitrogens is 3. The molecule has 8 nitrogen and oxygen atoms in total. The summed E-state index contributed by atoms with van der Waals surface area (Å²) in [5.41, 5.74) is 0.596. The van der Waals surface area contributed by atoms with Crippen molar-refractivity contribution in [3.05, 3.63) is 29.5 Å². The number of aryl methyl sites for hydroxylation is 1. The van der Waals surface area contributed by atoms with Crippen LogP contribution in [0.4, 0.5) is 5.95 Å². The first-order valence-corrected chi connectivity index (χ1v) is 8.61. The lowest BCUT2D eigenvalue weighted by molar-refractivity contribution is 0.0929. The number of aliphatic hydroxyl groups excluding tert-OH is 1. The number of nitrogens with one attached hydrogen (secondary N) is 1. The highest BCUT2D eigenvalue weighted by Crippen LogP contribution is 2.21. The summed E-state index contributed by atoms with van der Waals surface area (Å²) in [6.45, 7) is 5.36. The van der Waals surface area contributed by atoms with Crippen molar-refractivity contribution in [2.75, 3.05) is 24.6 Å². The minimum Gasteiger partial charge on any atom is -0.469 e. The second kappa shape index (κ2) is 7.26. The molecule has 1 saturated heterocycles. The Labute approximate surface area is 146 Å². The van der Waals surface area contributed by atoms with Crippen LogP contribution in [0, 0.1) is 6.92 Å². The van der Waals surface area contributed by atoms with Gasteiger partial charge in [0.2, 0.25) is 5.95 Å². The van der Waals surface area contributed by atoms with Gasteiger partial charge in [-0.25, -0.2) is 0 Å². The maximum atomic E-state index is 12.3. The third-order valence-electron chi connectivity index (χ3n) is 4.82. The molecule has 8 heteroatoms. The molecule has 1 aliphatic heterocycles. The average Bonchev–Trinajstić information content (AvgIpc) is 3.21. The molecule has 1 unspecified atom stereocenters. The lowest BCUT2D eigenvalue weighted by atomic mass is 10.0. The number of hydrogen-bond acceptors (Lipinski definition) is 6. The highest BCUT2D eigenvalue weighted by atomic mass is 16.3. The minimum atomic E-state index is -0.0811. The van der Waals surface area contributed by atoms with Gasteiger partial charge in [0.15, 0.2) is 0 Å². The van der Waals surface area contributed by atoms with Crippen molar-refractivity contribution >= 4 is 11.9 Å². The first kappa shape index (κ1) is 17.5. The van der Waals surface area contributed by atoms with Crippen molar-refractivity contribution in [3.63, 3.8) is 0 Å². The van der Waals surface area contributed by atoms with Crippen LogP contribution >= 0.6 is 0 Å². The van der Waals surface area contributed by atoms with Crippen molar-refractivity contribution in [3.8, 4) is 0 Å². The molecule has 0 saturated carbocycles. The van der Waals surface area contributed by atoms with Gasteiger partial charge >= 0.3 is 0 Å². The highest BCUT2D eigenvalue weighted by Gasteiger charge is 2.26. The number of furan rings is 1. The zero-order valence-electron chi connectivity index (χ0n) is 14.9. The maximum Gasteiger partial charge on any atom is 0.255 e. The van der Waals surface area contributed by atoms with E-state index < -0.39 is 0 Å². The zero-order chi connectivity index (χ0) is 18.0. The topological polar surface area (TPSA) is 96.4 Å². The van der Waals surface area contributed by atoms with Crippen molar-refractivity contribution in [2.45, 2.75) is 38.6 Å². The van der Waals surface area contributed by atoms with Crippen LogP contribution in [0.5, 0.6) is 0 Å². The Morgan fingerprint density at radius 1 is 1.44 bits per heavy atom. The Balaban J connectivity index is 1.58. The normalized spacial score (nSPS) is 16.9. The van der Waals surface area contributed by atoms with Gasteiger partial charge in [-0.2, -0.15) is 0 Å². The summed E-state index contributed by atoms with van der Waals surface area (Å²) in [5.74, 6) is 2.11. The van der Waals surface area contributed by atoms with Gasteiger partial charge in [0.25, 0.3) is 5.91 Å². The summed E-state index contributed by atoms with van der Waals surface area (Å²) in [6.07, 6.45) is 3.23. The monoisotopic (exact) mass is 347 g/mol. The smallest absolute Gasteiger partial charge is 0.255 e. The SMILES string of the molecule is Cc1occc1C(=O)NC1CCN(c2nnc(C(C)CO)n2C)CC1. The van der Waals surface area contributed by atoms with Crippen LogP contribution in [-0.2, 0) is 7.05 Å². The second-order valence-electron chi connectivity index (χ2n) is 6.63. The van der Waals surface area contributed by atoms with E-state index in [4.69, 9.17) is 4.42 Å². The molecule has 25 heavy (non-hydrogen) atoms. The van der Waals surface area contributed by atoms with Gasteiger partial charge in [-0.05, 0) is 25.8 Å². The van der Waals surface area contributed by atoms with Gasteiger partial charge in [-0.3, -0.25) is 4.79 Å². The molecule has 1 atom stereocenters. The fraction of sp³-hybridized carbons (Fsp3) is 0.588. The molecule has 0 aromatic carbocycles. The lowest BCUT2D eigenvalue weighted by Gasteiger charge is -2.32. The van der Waals surface area contributed by atoms with Gasteiger partial charge < -0.3 is 24.3 Å². The molecule has 0 bridgehead atoms. The molecular weight excluding hydrogens is 322 g/mol. The maximum absolute atomic E-state index is 12.3. The Bertz CT molecular complexity index is 730. The van der Waals surface area contributed by atoms with Crippen LogP contribution < -0.4 is 10.2 Å². The molecule has 0 aliphatic carbocycles. The van der Waals surface area contributed by atoms with Gasteiger partial charge in [0, 0.05) is 32.1 Å². The third-order valence-corrected chi connectivity index (χ3v) is 4.82. The van der Waals surface area contributed by atoms with Crippen LogP contribution in [0.3, 0.4) is 0 Å². The van der Waals surface area contributed by atoms with Crippen LogP contribution in [-0.4, -0.2) is 51.5 Å². The van der Waals surface area contributed by atoms with Gasteiger partial charge in [-0.1, -0.05) is 6.92 Å². The van der Waals surface area contributed by atoms with Gasteiger partial charge in [0.1, 0.15) is 11.6 Å². The number of rotatable bonds is 5. The number of carbonyl (C=O) groups is 1. The minimum absolute atomic E-state index is 0.0405. The molecule has 136 valence electrons. The van der Waals surface area contributed by atoms with E-state index in [-0.39, 0.29) is 24.5 Å². The van der Waals surface area contributed by atoms with E-state index in [1.807, 2.05) is 18.5 Å². The average molecular weight is 347 g/mol. The number of piperidine rings is 1. The fourth-order valence-corrected chi connectivity index (χ4v) is 3.23. The van der Waals surface area contributed by atoms with Crippen molar-refractivity contribution in [1.82, 2.24) is 20.1 Å². The van der Waals surface area contributed by atoms with Crippen molar-refractivity contribution < 1.29 is 14.3 Å². The third kappa shape index (κ3) is 3.53. The Hall–Kier alpha value is -2.35. The predicted octanol–water partition coefficient (Wildman–Crippen LogP) is 1.21. The molecule has 1 amide bonds. The molecule has 2 N–H and O–H groups in total. The molecule has 2 aromatic rings. The van der Waals surface area contributed by atoms with Gasteiger partial charge in [0.05, 0.1) is 18.4 Å². The van der Waals surface area contributed by atoms with E-state index in [1.54, 1.807) is 13.0 Å². The molecule has 0 radical (unpaired) electrons. The number of hydrogen-bond donors (Lipinski definition) is 2. The first-order valence-electron chi connectivity index (χ1n) is 8.61. The van der Waals surface area contributed by atoms with E-state index in [1.165, 1.54) is 6.26 Å². The quantitative estimate of drug-likeness (QED) is 0.844. The Morgan fingerprint density at radius 3 is 2.76 bits per heavy atom. The zero-order valence-corrected chi connectivity index (χ0v) is 14.9. The lowest BCUT2D eigenvalue weighted by Crippen LogP contribution is -2.45. The molecule has 0 spiro atoms. The Kier molecular flexibility index (Phi) is 5.08. The summed E-state index contributed by atoms with van der Waals surface area (Å²) >= 11 is 0. The van der Waals surface area contributed by atoms with Crippen LogP contribution in [0.2, 0.25) is 0 Å². The van der Waals surface area contributed by atoms with Crippen molar-refractivity contribution in [2.24, 2.45) is 7.05 Å². The first-order chi connectivity index (χ1) is 12.0. The van der Waals surface area contributed by atoms with E-state index in [0.717, 1.165) is 37.7 Å².